The number of rotatable bonds is 3. The fraction of sp³-hybridized carbons (Fsp3) is 0.0952. The van der Waals surface area contributed by atoms with Crippen LogP contribution in [-0.4, -0.2) is 11.1 Å². The third kappa shape index (κ3) is 5.07. The second-order valence-corrected chi connectivity index (χ2v) is 5.47. The molecule has 0 aliphatic heterocycles. The topological polar surface area (TPSA) is 63.3 Å². The van der Waals surface area contributed by atoms with Crippen LogP contribution < -0.4 is 5.73 Å². The van der Waals surface area contributed by atoms with E-state index >= 15 is 0 Å². The quantitative estimate of drug-likeness (QED) is 0.750. The van der Waals surface area contributed by atoms with E-state index in [9.17, 15) is 4.79 Å². The number of carboxylic acids is 1. The van der Waals surface area contributed by atoms with Crippen LogP contribution in [0.1, 0.15) is 33.1 Å². The molecule has 3 aromatic carbocycles. The van der Waals surface area contributed by atoms with E-state index in [1.54, 1.807) is 18.2 Å². The molecule has 0 saturated carbocycles. The zero-order valence-electron chi connectivity index (χ0n) is 13.6. The minimum absolute atomic E-state index is 0.0163. The van der Waals surface area contributed by atoms with E-state index in [-0.39, 0.29) is 6.04 Å². The Bertz CT molecular complexity index is 731. The van der Waals surface area contributed by atoms with E-state index in [0.29, 0.717) is 5.56 Å². The van der Waals surface area contributed by atoms with E-state index < -0.39 is 5.97 Å². The summed E-state index contributed by atoms with van der Waals surface area (Å²) in [6.07, 6.45) is 0. The number of carboxylic acid groups (broad SMARTS) is 1. The first kappa shape index (κ1) is 17.4. The molecule has 3 rings (SSSR count). The molecule has 0 aliphatic carbocycles. The van der Waals surface area contributed by atoms with Crippen LogP contribution in [0.15, 0.2) is 84.9 Å². The normalized spacial score (nSPS) is 9.96. The summed E-state index contributed by atoms with van der Waals surface area (Å²) in [5.74, 6) is -0.872. The average Bonchev–Trinajstić information content (AvgIpc) is 2.63. The molecule has 122 valence electrons. The zero-order valence-corrected chi connectivity index (χ0v) is 13.6. The molecular weight excluding hydrogens is 298 g/mol. The van der Waals surface area contributed by atoms with Crippen molar-refractivity contribution in [2.75, 3.05) is 0 Å². The highest BCUT2D eigenvalue weighted by Gasteiger charge is 2.06. The molecule has 0 saturated heterocycles. The molecule has 3 aromatic rings. The summed E-state index contributed by atoms with van der Waals surface area (Å²) >= 11 is 0. The molecule has 0 radical (unpaired) electrons. The Kier molecular flexibility index (Phi) is 6.29. The van der Waals surface area contributed by atoms with Crippen molar-refractivity contribution in [3.8, 4) is 0 Å². The molecule has 0 bridgehead atoms. The Hall–Kier alpha value is -2.91. The van der Waals surface area contributed by atoms with Crippen molar-refractivity contribution in [3.05, 3.63) is 107 Å². The molecule has 3 nitrogen and oxygen atoms in total. The molecule has 0 spiro atoms. The predicted octanol–water partition coefficient (Wildman–Crippen LogP) is 4.43. The van der Waals surface area contributed by atoms with Crippen LogP contribution in [0.2, 0.25) is 0 Å². The summed E-state index contributed by atoms with van der Waals surface area (Å²) in [6.45, 7) is 1.87. The van der Waals surface area contributed by atoms with Crippen LogP contribution in [0.3, 0.4) is 0 Å². The first-order valence-electron chi connectivity index (χ1n) is 7.73. The number of hydrogen-bond donors (Lipinski definition) is 2. The van der Waals surface area contributed by atoms with Gasteiger partial charge in [0.05, 0.1) is 11.6 Å². The molecule has 3 heteroatoms. The summed E-state index contributed by atoms with van der Waals surface area (Å²) in [5, 5.41) is 8.51. The third-order valence-electron chi connectivity index (χ3n) is 3.58. The maximum atomic E-state index is 10.4. The van der Waals surface area contributed by atoms with Gasteiger partial charge in [-0.25, -0.2) is 4.79 Å². The smallest absolute Gasteiger partial charge is 0.335 e. The number of benzene rings is 3. The van der Waals surface area contributed by atoms with Gasteiger partial charge in [-0.05, 0) is 30.2 Å². The highest BCUT2D eigenvalue weighted by molar-refractivity contribution is 5.87. The van der Waals surface area contributed by atoms with Crippen molar-refractivity contribution in [2.45, 2.75) is 13.0 Å². The van der Waals surface area contributed by atoms with E-state index in [1.165, 1.54) is 0 Å². The van der Waals surface area contributed by atoms with Gasteiger partial charge in [0.15, 0.2) is 0 Å². The second kappa shape index (κ2) is 8.65. The fourth-order valence-corrected chi connectivity index (χ4v) is 2.29. The van der Waals surface area contributed by atoms with Crippen LogP contribution in [0, 0.1) is 6.92 Å². The summed E-state index contributed by atoms with van der Waals surface area (Å²) in [4.78, 5) is 10.4. The van der Waals surface area contributed by atoms with E-state index in [2.05, 4.69) is 24.3 Å². The number of hydrogen-bond acceptors (Lipinski definition) is 2. The van der Waals surface area contributed by atoms with Gasteiger partial charge in [0, 0.05) is 0 Å². The number of carbonyl (C=O) groups is 1. The van der Waals surface area contributed by atoms with E-state index in [0.717, 1.165) is 16.7 Å². The Balaban J connectivity index is 0.000000185. The highest BCUT2D eigenvalue weighted by Crippen LogP contribution is 2.18. The summed E-state index contributed by atoms with van der Waals surface area (Å²) in [5.41, 5.74) is 9.74. The van der Waals surface area contributed by atoms with Crippen LogP contribution in [0.4, 0.5) is 0 Å². The molecule has 0 amide bonds. The van der Waals surface area contributed by atoms with Gasteiger partial charge < -0.3 is 10.8 Å². The van der Waals surface area contributed by atoms with Crippen LogP contribution >= 0.6 is 0 Å². The molecule has 24 heavy (non-hydrogen) atoms. The lowest BCUT2D eigenvalue weighted by Gasteiger charge is -2.11. The predicted molar refractivity (Wildman–Crippen MR) is 97.1 cm³/mol. The zero-order chi connectivity index (χ0) is 17.4. The standard InChI is InChI=1S/C13H13N.C8H8O2/c14-13(11-7-3-1-4-8-11)12-9-5-2-6-10-12;1-6-3-2-4-7(5-6)8(9)10/h1-10,13H,14H2;2-5H,1H3,(H,9,10). The van der Waals surface area contributed by atoms with Gasteiger partial charge in [-0.1, -0.05) is 78.4 Å². The average molecular weight is 319 g/mol. The summed E-state index contributed by atoms with van der Waals surface area (Å²) in [6, 6.07) is 27.1. The van der Waals surface area contributed by atoms with Crippen molar-refractivity contribution in [1.29, 1.82) is 0 Å². The van der Waals surface area contributed by atoms with Crippen molar-refractivity contribution < 1.29 is 9.90 Å². The molecule has 0 fully saturated rings. The minimum atomic E-state index is -0.872. The fourth-order valence-electron chi connectivity index (χ4n) is 2.29. The molecule has 3 N–H and O–H groups in total. The molecule has 0 unspecified atom stereocenters. The van der Waals surface area contributed by atoms with E-state index in [1.807, 2.05) is 49.4 Å². The first-order chi connectivity index (χ1) is 11.6. The Labute approximate surface area is 142 Å². The number of nitrogens with two attached hydrogens (primary N) is 1. The van der Waals surface area contributed by atoms with Gasteiger partial charge in [-0.15, -0.1) is 0 Å². The molecule has 0 heterocycles. The van der Waals surface area contributed by atoms with Gasteiger partial charge in [0.25, 0.3) is 0 Å². The van der Waals surface area contributed by atoms with Gasteiger partial charge >= 0.3 is 5.97 Å². The van der Waals surface area contributed by atoms with Gasteiger partial charge in [0.2, 0.25) is 0 Å². The van der Waals surface area contributed by atoms with Crippen molar-refractivity contribution >= 4 is 5.97 Å². The maximum Gasteiger partial charge on any atom is 0.335 e. The summed E-state index contributed by atoms with van der Waals surface area (Å²) < 4.78 is 0. The second-order valence-electron chi connectivity index (χ2n) is 5.47. The monoisotopic (exact) mass is 319 g/mol. The largest absolute Gasteiger partial charge is 0.478 e. The van der Waals surface area contributed by atoms with Gasteiger partial charge in [0.1, 0.15) is 0 Å². The van der Waals surface area contributed by atoms with Crippen LogP contribution in [0.5, 0.6) is 0 Å². The van der Waals surface area contributed by atoms with E-state index in [4.69, 9.17) is 10.8 Å². The summed E-state index contributed by atoms with van der Waals surface area (Å²) in [7, 11) is 0. The minimum Gasteiger partial charge on any atom is -0.478 e. The lowest BCUT2D eigenvalue weighted by molar-refractivity contribution is 0.0697. The maximum absolute atomic E-state index is 10.4. The van der Waals surface area contributed by atoms with Crippen LogP contribution in [0.25, 0.3) is 0 Å². The lowest BCUT2D eigenvalue weighted by Crippen LogP contribution is -2.11. The van der Waals surface area contributed by atoms with Crippen molar-refractivity contribution in [3.63, 3.8) is 0 Å². The molecule has 0 aromatic heterocycles. The first-order valence-corrected chi connectivity index (χ1v) is 7.73. The Morgan fingerprint density at radius 1 is 0.833 bits per heavy atom. The van der Waals surface area contributed by atoms with Gasteiger partial charge in [-0.3, -0.25) is 0 Å². The number of aryl methyl sites for hydroxylation is 1. The van der Waals surface area contributed by atoms with Crippen molar-refractivity contribution in [2.24, 2.45) is 5.73 Å². The number of aromatic carboxylic acids is 1. The Morgan fingerprint density at radius 3 is 1.71 bits per heavy atom. The molecular formula is C21H21NO2. The molecule has 0 atom stereocenters. The molecule has 0 aliphatic rings. The van der Waals surface area contributed by atoms with Crippen LogP contribution in [-0.2, 0) is 0 Å². The van der Waals surface area contributed by atoms with Crippen molar-refractivity contribution in [1.82, 2.24) is 0 Å². The Morgan fingerprint density at radius 2 is 1.33 bits per heavy atom. The highest BCUT2D eigenvalue weighted by atomic mass is 16.4. The lowest BCUT2D eigenvalue weighted by atomic mass is 10.00. The SMILES string of the molecule is Cc1cccc(C(=O)O)c1.NC(c1ccccc1)c1ccccc1. The third-order valence-corrected chi connectivity index (χ3v) is 3.58. The van der Waals surface area contributed by atoms with Gasteiger partial charge in [-0.2, -0.15) is 0 Å².